The number of rotatable bonds is 8. The number of alkyl carbamates (subject to hydrolysis) is 1. The SMILES string of the molecule is Nc1nc(-c2ccco2)nc2c1ncn2CCCCOC(=O)NCc1ccc2c(c1)OCO2. The van der Waals surface area contributed by atoms with Crippen molar-refractivity contribution in [2.75, 3.05) is 19.1 Å². The molecule has 1 aliphatic rings. The summed E-state index contributed by atoms with van der Waals surface area (Å²) < 4.78 is 23.1. The summed E-state index contributed by atoms with van der Waals surface area (Å²) in [5.74, 6) is 2.63. The first-order valence-electron chi connectivity index (χ1n) is 10.5. The van der Waals surface area contributed by atoms with E-state index in [0.29, 0.717) is 66.2 Å². The number of carbonyl (C=O) groups excluding carboxylic acids is 1. The molecule has 1 aliphatic heterocycles. The first-order chi connectivity index (χ1) is 16.2. The Balaban J connectivity index is 1.08. The number of nitrogens with one attached hydrogen (secondary N) is 1. The zero-order valence-corrected chi connectivity index (χ0v) is 17.7. The lowest BCUT2D eigenvalue weighted by Gasteiger charge is -2.08. The number of aryl methyl sites for hydroxylation is 1. The summed E-state index contributed by atoms with van der Waals surface area (Å²) in [6.45, 7) is 1.51. The Morgan fingerprint density at radius 2 is 2.09 bits per heavy atom. The Morgan fingerprint density at radius 1 is 1.18 bits per heavy atom. The number of benzene rings is 1. The molecule has 33 heavy (non-hydrogen) atoms. The Hall–Kier alpha value is -4.28. The summed E-state index contributed by atoms with van der Waals surface area (Å²) in [7, 11) is 0. The van der Waals surface area contributed by atoms with E-state index in [4.69, 9.17) is 24.4 Å². The van der Waals surface area contributed by atoms with Crippen LogP contribution in [0.25, 0.3) is 22.7 Å². The number of hydrogen-bond acceptors (Lipinski definition) is 9. The van der Waals surface area contributed by atoms with E-state index in [2.05, 4.69) is 20.3 Å². The average molecular weight is 450 g/mol. The van der Waals surface area contributed by atoms with E-state index in [0.717, 1.165) is 12.0 Å². The molecule has 11 heteroatoms. The van der Waals surface area contributed by atoms with Gasteiger partial charge < -0.3 is 34.2 Å². The van der Waals surface area contributed by atoms with E-state index in [-0.39, 0.29) is 6.79 Å². The van der Waals surface area contributed by atoms with Crippen LogP contribution in [0.4, 0.5) is 10.6 Å². The fourth-order valence-corrected chi connectivity index (χ4v) is 3.47. The lowest BCUT2D eigenvalue weighted by molar-refractivity contribution is 0.143. The van der Waals surface area contributed by atoms with E-state index in [1.165, 1.54) is 0 Å². The number of aromatic nitrogens is 4. The molecule has 0 atom stereocenters. The van der Waals surface area contributed by atoms with Crippen LogP contribution in [0, 0.1) is 0 Å². The van der Waals surface area contributed by atoms with Crippen LogP contribution < -0.4 is 20.5 Å². The number of hydrogen-bond donors (Lipinski definition) is 2. The van der Waals surface area contributed by atoms with Gasteiger partial charge in [-0.1, -0.05) is 6.07 Å². The number of imidazole rings is 1. The van der Waals surface area contributed by atoms with Gasteiger partial charge in [-0.2, -0.15) is 0 Å². The maximum absolute atomic E-state index is 12.0. The number of nitrogens with zero attached hydrogens (tertiary/aromatic N) is 4. The van der Waals surface area contributed by atoms with Gasteiger partial charge in [0.2, 0.25) is 6.79 Å². The van der Waals surface area contributed by atoms with Crippen molar-refractivity contribution in [1.82, 2.24) is 24.8 Å². The predicted molar refractivity (Wildman–Crippen MR) is 117 cm³/mol. The zero-order chi connectivity index (χ0) is 22.6. The van der Waals surface area contributed by atoms with Crippen molar-refractivity contribution in [2.24, 2.45) is 0 Å². The predicted octanol–water partition coefficient (Wildman–Crippen LogP) is 3.10. The second-order valence-electron chi connectivity index (χ2n) is 7.40. The monoisotopic (exact) mass is 450 g/mol. The number of fused-ring (bicyclic) bond motifs is 2. The molecule has 0 saturated heterocycles. The maximum Gasteiger partial charge on any atom is 0.407 e. The van der Waals surface area contributed by atoms with Gasteiger partial charge in [0, 0.05) is 13.1 Å². The highest BCUT2D eigenvalue weighted by atomic mass is 16.7. The van der Waals surface area contributed by atoms with Crippen LogP contribution in [0.1, 0.15) is 18.4 Å². The summed E-state index contributed by atoms with van der Waals surface area (Å²) in [6, 6.07) is 9.07. The Labute approximate surface area is 188 Å². The van der Waals surface area contributed by atoms with Crippen molar-refractivity contribution in [3.05, 3.63) is 48.5 Å². The smallest absolute Gasteiger partial charge is 0.407 e. The summed E-state index contributed by atoms with van der Waals surface area (Å²) in [5.41, 5.74) is 8.12. The molecule has 0 saturated carbocycles. The second-order valence-corrected chi connectivity index (χ2v) is 7.40. The Kier molecular flexibility index (Phi) is 5.66. The molecule has 170 valence electrons. The van der Waals surface area contributed by atoms with Crippen LogP contribution in [0.5, 0.6) is 11.5 Å². The molecule has 0 spiro atoms. The van der Waals surface area contributed by atoms with Crippen LogP contribution in [-0.4, -0.2) is 39.0 Å². The molecule has 4 heterocycles. The summed E-state index contributed by atoms with van der Waals surface area (Å²) >= 11 is 0. The molecular formula is C22H22N6O5. The third-order valence-electron chi connectivity index (χ3n) is 5.13. The molecule has 1 amide bonds. The number of furan rings is 1. The molecule has 0 bridgehead atoms. The van der Waals surface area contributed by atoms with Gasteiger partial charge >= 0.3 is 6.09 Å². The van der Waals surface area contributed by atoms with Crippen molar-refractivity contribution in [1.29, 1.82) is 0 Å². The van der Waals surface area contributed by atoms with Crippen LogP contribution >= 0.6 is 0 Å². The standard InChI is InChI=1S/C22H22N6O5/c23-19-18-21(27-20(26-19)16-4-3-9-30-16)28(12-25-18)7-1-2-8-31-22(29)24-11-14-5-6-15-17(10-14)33-13-32-15/h3-6,9-10,12H,1-2,7-8,11,13H2,(H,24,29)(H2,23,26,27). The van der Waals surface area contributed by atoms with Gasteiger partial charge in [0.05, 0.1) is 19.2 Å². The fourth-order valence-electron chi connectivity index (χ4n) is 3.47. The molecule has 0 fully saturated rings. The van der Waals surface area contributed by atoms with Crippen LogP contribution in [0.3, 0.4) is 0 Å². The minimum Gasteiger partial charge on any atom is -0.461 e. The van der Waals surface area contributed by atoms with Crippen molar-refractivity contribution in [2.45, 2.75) is 25.9 Å². The highest BCUT2D eigenvalue weighted by Gasteiger charge is 2.15. The summed E-state index contributed by atoms with van der Waals surface area (Å²) in [6.07, 6.45) is 4.22. The topological polar surface area (TPSA) is 140 Å². The van der Waals surface area contributed by atoms with Gasteiger partial charge in [-0.05, 0) is 42.7 Å². The minimum absolute atomic E-state index is 0.217. The van der Waals surface area contributed by atoms with Crippen LogP contribution in [-0.2, 0) is 17.8 Å². The van der Waals surface area contributed by atoms with Gasteiger partial charge in [-0.25, -0.2) is 19.7 Å². The first-order valence-corrected chi connectivity index (χ1v) is 10.5. The van der Waals surface area contributed by atoms with Gasteiger partial charge in [-0.3, -0.25) is 0 Å². The summed E-state index contributed by atoms with van der Waals surface area (Å²) in [5, 5.41) is 2.73. The quantitative estimate of drug-likeness (QED) is 0.388. The van der Waals surface area contributed by atoms with Crippen molar-refractivity contribution < 1.29 is 23.4 Å². The molecule has 5 rings (SSSR count). The van der Waals surface area contributed by atoms with E-state index in [9.17, 15) is 4.79 Å². The average Bonchev–Trinajstić information content (AvgIpc) is 3.58. The number of unbranched alkanes of at least 4 members (excludes halogenated alkanes) is 1. The number of nitrogens with two attached hydrogens (primary N) is 1. The van der Waals surface area contributed by atoms with E-state index in [1.807, 2.05) is 22.8 Å². The van der Waals surface area contributed by atoms with Gasteiger partial charge in [-0.15, -0.1) is 0 Å². The molecule has 0 unspecified atom stereocenters. The summed E-state index contributed by atoms with van der Waals surface area (Å²) in [4.78, 5) is 25.1. The molecule has 3 aromatic heterocycles. The second kappa shape index (κ2) is 9.07. The highest BCUT2D eigenvalue weighted by Crippen LogP contribution is 2.32. The van der Waals surface area contributed by atoms with Crippen LogP contribution in [0.2, 0.25) is 0 Å². The zero-order valence-electron chi connectivity index (χ0n) is 17.7. The number of nitrogen functional groups attached to an aromatic ring is 1. The lowest BCUT2D eigenvalue weighted by Crippen LogP contribution is -2.24. The Bertz CT molecular complexity index is 1270. The van der Waals surface area contributed by atoms with Crippen molar-refractivity contribution in [3.63, 3.8) is 0 Å². The number of amides is 1. The van der Waals surface area contributed by atoms with Gasteiger partial charge in [0.1, 0.15) is 5.52 Å². The molecule has 11 nitrogen and oxygen atoms in total. The molecule has 1 aromatic carbocycles. The number of carbonyl (C=O) groups is 1. The molecular weight excluding hydrogens is 428 g/mol. The minimum atomic E-state index is -0.468. The largest absolute Gasteiger partial charge is 0.461 e. The number of anilines is 1. The van der Waals surface area contributed by atoms with Crippen molar-refractivity contribution in [3.8, 4) is 23.1 Å². The molecule has 0 radical (unpaired) electrons. The molecule has 0 aliphatic carbocycles. The first kappa shape index (κ1) is 20.6. The fraction of sp³-hybridized carbons (Fsp3) is 0.273. The Morgan fingerprint density at radius 3 is 2.97 bits per heavy atom. The number of ether oxygens (including phenoxy) is 3. The van der Waals surface area contributed by atoms with E-state index < -0.39 is 6.09 Å². The maximum atomic E-state index is 12.0. The van der Waals surface area contributed by atoms with Crippen molar-refractivity contribution >= 4 is 23.1 Å². The normalized spacial score (nSPS) is 12.2. The van der Waals surface area contributed by atoms with Gasteiger partial charge in [0.25, 0.3) is 0 Å². The molecule has 4 aromatic rings. The third-order valence-corrected chi connectivity index (χ3v) is 5.13. The highest BCUT2D eigenvalue weighted by molar-refractivity contribution is 5.83. The van der Waals surface area contributed by atoms with Gasteiger partial charge in [0.15, 0.2) is 34.5 Å². The van der Waals surface area contributed by atoms with Crippen LogP contribution in [0.15, 0.2) is 47.3 Å². The lowest BCUT2D eigenvalue weighted by atomic mass is 10.2. The third kappa shape index (κ3) is 4.52. The van der Waals surface area contributed by atoms with E-state index >= 15 is 0 Å². The van der Waals surface area contributed by atoms with E-state index in [1.54, 1.807) is 24.7 Å². The molecule has 3 N–H and O–H groups in total.